The molecule has 1 saturated heterocycles. The van der Waals surface area contributed by atoms with Crippen molar-refractivity contribution >= 4 is 33.9 Å². The van der Waals surface area contributed by atoms with Crippen LogP contribution in [0.4, 0.5) is 18.9 Å². The van der Waals surface area contributed by atoms with Crippen LogP contribution in [0.25, 0.3) is 16.5 Å². The summed E-state index contributed by atoms with van der Waals surface area (Å²) in [7, 11) is 0. The van der Waals surface area contributed by atoms with Gasteiger partial charge in [0.15, 0.2) is 0 Å². The summed E-state index contributed by atoms with van der Waals surface area (Å²) in [6.07, 6.45) is -4.63. The Morgan fingerprint density at radius 3 is 2.31 bits per heavy atom. The number of aryl methyl sites for hydroxylation is 1. The number of rotatable bonds is 3. The van der Waals surface area contributed by atoms with E-state index in [0.29, 0.717) is 16.5 Å². The van der Waals surface area contributed by atoms with Gasteiger partial charge >= 0.3 is 6.18 Å². The number of ketones is 1. The molecule has 0 bridgehead atoms. The van der Waals surface area contributed by atoms with Crippen LogP contribution in [0.5, 0.6) is 0 Å². The minimum absolute atomic E-state index is 0.0876. The summed E-state index contributed by atoms with van der Waals surface area (Å²) in [6, 6.07) is 22.6. The second-order valence-corrected chi connectivity index (χ2v) is 8.66. The van der Waals surface area contributed by atoms with Crippen LogP contribution in [0.1, 0.15) is 28.3 Å². The molecule has 0 aromatic heterocycles. The first-order valence-corrected chi connectivity index (χ1v) is 11.2. The lowest BCUT2D eigenvalue weighted by Crippen LogP contribution is -2.29. The van der Waals surface area contributed by atoms with Gasteiger partial charge in [0.2, 0.25) is 0 Å². The highest BCUT2D eigenvalue weighted by atomic mass is 19.4. The number of Topliss-reactive ketones (excluding diaryl/α,β-unsaturated/α-hetero) is 1. The zero-order valence-corrected chi connectivity index (χ0v) is 19.1. The Labute approximate surface area is 204 Å². The summed E-state index contributed by atoms with van der Waals surface area (Å²) in [5.74, 6) is -2.36. The van der Waals surface area contributed by atoms with E-state index in [2.05, 4.69) is 0 Å². The maximum atomic E-state index is 13.5. The van der Waals surface area contributed by atoms with Gasteiger partial charge < -0.3 is 5.11 Å². The summed E-state index contributed by atoms with van der Waals surface area (Å²) in [5, 5.41) is 12.9. The molecule has 0 aliphatic carbocycles. The van der Waals surface area contributed by atoms with Crippen molar-refractivity contribution in [3.05, 3.63) is 119 Å². The van der Waals surface area contributed by atoms with Crippen LogP contribution in [0.3, 0.4) is 0 Å². The summed E-state index contributed by atoms with van der Waals surface area (Å²) in [5.41, 5.74) is 0.460. The van der Waals surface area contributed by atoms with Crippen molar-refractivity contribution in [3.63, 3.8) is 0 Å². The number of fused-ring (bicyclic) bond motifs is 1. The van der Waals surface area contributed by atoms with Crippen molar-refractivity contribution in [1.29, 1.82) is 0 Å². The first-order chi connectivity index (χ1) is 17.2. The van der Waals surface area contributed by atoms with Crippen LogP contribution in [0, 0.1) is 6.92 Å². The second-order valence-electron chi connectivity index (χ2n) is 8.66. The number of halogens is 3. The normalized spacial score (nSPS) is 17.7. The molecular formula is C29H20F3NO3. The van der Waals surface area contributed by atoms with Crippen LogP contribution in [-0.4, -0.2) is 16.8 Å². The zero-order valence-electron chi connectivity index (χ0n) is 19.1. The van der Waals surface area contributed by atoms with Gasteiger partial charge in [0.05, 0.1) is 17.2 Å². The van der Waals surface area contributed by atoms with Crippen molar-refractivity contribution in [3.8, 4) is 0 Å². The Bertz CT molecular complexity index is 1550. The number of anilines is 1. The van der Waals surface area contributed by atoms with Gasteiger partial charge in [0.25, 0.3) is 11.7 Å². The van der Waals surface area contributed by atoms with Gasteiger partial charge in [-0.05, 0) is 41.5 Å². The predicted octanol–water partition coefficient (Wildman–Crippen LogP) is 6.79. The standard InChI is InChI=1S/C29H20F3NO3/c1-17-7-4-10-19(15-17)25-24(26(34)23-14-5-9-18-8-2-3-13-22(18)23)27(35)28(36)33(25)21-12-6-11-20(16-21)29(30,31)32/h2-16,25,34H,1H3/b26-24-. The molecule has 180 valence electrons. The van der Waals surface area contributed by atoms with Gasteiger partial charge in [0, 0.05) is 11.3 Å². The second kappa shape index (κ2) is 8.68. The summed E-state index contributed by atoms with van der Waals surface area (Å²) < 4.78 is 40.4. The molecule has 1 amide bonds. The number of alkyl halides is 3. The molecule has 1 atom stereocenters. The average molecular weight is 487 g/mol. The van der Waals surface area contributed by atoms with E-state index in [0.717, 1.165) is 28.0 Å². The topological polar surface area (TPSA) is 57.6 Å². The molecule has 4 aromatic carbocycles. The van der Waals surface area contributed by atoms with Crippen LogP contribution >= 0.6 is 0 Å². The predicted molar refractivity (Wildman–Crippen MR) is 131 cm³/mol. The molecule has 36 heavy (non-hydrogen) atoms. The molecule has 0 spiro atoms. The molecule has 4 aromatic rings. The third kappa shape index (κ3) is 3.92. The van der Waals surface area contributed by atoms with Crippen LogP contribution in [0.15, 0.2) is 96.6 Å². The van der Waals surface area contributed by atoms with Crippen LogP contribution in [-0.2, 0) is 15.8 Å². The van der Waals surface area contributed by atoms with E-state index in [4.69, 9.17) is 0 Å². The Kier molecular flexibility index (Phi) is 5.63. The summed E-state index contributed by atoms with van der Waals surface area (Å²) >= 11 is 0. The molecule has 1 heterocycles. The number of carbonyl (C=O) groups excluding carboxylic acids is 2. The van der Waals surface area contributed by atoms with Crippen LogP contribution < -0.4 is 4.90 Å². The molecule has 7 heteroatoms. The van der Waals surface area contributed by atoms with Gasteiger partial charge in [-0.2, -0.15) is 13.2 Å². The van der Waals surface area contributed by atoms with E-state index in [9.17, 15) is 27.9 Å². The van der Waals surface area contributed by atoms with Gasteiger partial charge in [-0.15, -0.1) is 0 Å². The fourth-order valence-corrected chi connectivity index (χ4v) is 4.66. The highest BCUT2D eigenvalue weighted by Crippen LogP contribution is 2.44. The molecule has 1 fully saturated rings. The first kappa shape index (κ1) is 23.4. The highest BCUT2D eigenvalue weighted by Gasteiger charge is 2.47. The van der Waals surface area contributed by atoms with Gasteiger partial charge in [0.1, 0.15) is 5.76 Å². The molecule has 1 N–H and O–H groups in total. The summed E-state index contributed by atoms with van der Waals surface area (Å²) in [4.78, 5) is 27.7. The number of benzene rings is 4. The largest absolute Gasteiger partial charge is 0.507 e. The molecule has 1 aliphatic rings. The summed E-state index contributed by atoms with van der Waals surface area (Å²) in [6.45, 7) is 1.82. The van der Waals surface area contributed by atoms with E-state index in [-0.39, 0.29) is 17.0 Å². The quantitative estimate of drug-likeness (QED) is 0.197. The molecule has 0 saturated carbocycles. The molecule has 5 rings (SSSR count). The Morgan fingerprint density at radius 1 is 0.861 bits per heavy atom. The monoisotopic (exact) mass is 487 g/mol. The van der Waals surface area contributed by atoms with E-state index in [1.165, 1.54) is 12.1 Å². The number of carbonyl (C=O) groups is 2. The Balaban J connectivity index is 1.77. The maximum Gasteiger partial charge on any atom is 0.416 e. The van der Waals surface area contributed by atoms with Crippen molar-refractivity contribution in [2.45, 2.75) is 19.1 Å². The SMILES string of the molecule is Cc1cccc(C2/C(=C(/O)c3cccc4ccccc34)C(=O)C(=O)N2c2cccc(C(F)(F)F)c2)c1. The first-order valence-electron chi connectivity index (χ1n) is 11.2. The van der Waals surface area contributed by atoms with E-state index < -0.39 is 29.5 Å². The van der Waals surface area contributed by atoms with E-state index >= 15 is 0 Å². The van der Waals surface area contributed by atoms with Crippen LogP contribution in [0.2, 0.25) is 0 Å². The van der Waals surface area contributed by atoms with Crippen molar-refractivity contribution in [1.82, 2.24) is 0 Å². The minimum Gasteiger partial charge on any atom is -0.507 e. The maximum absolute atomic E-state index is 13.5. The fraction of sp³-hybridized carbons (Fsp3) is 0.103. The molecule has 4 nitrogen and oxygen atoms in total. The lowest BCUT2D eigenvalue weighted by molar-refractivity contribution is -0.137. The van der Waals surface area contributed by atoms with Crippen molar-refractivity contribution in [2.75, 3.05) is 4.90 Å². The number of amides is 1. The minimum atomic E-state index is -4.63. The zero-order chi connectivity index (χ0) is 25.6. The number of aliphatic hydroxyl groups is 1. The van der Waals surface area contributed by atoms with E-state index in [1.807, 2.05) is 31.2 Å². The van der Waals surface area contributed by atoms with E-state index in [1.54, 1.807) is 42.5 Å². The average Bonchev–Trinajstić information content (AvgIpc) is 3.13. The number of nitrogens with zero attached hydrogens (tertiary/aromatic N) is 1. The number of hydrogen-bond donors (Lipinski definition) is 1. The third-order valence-electron chi connectivity index (χ3n) is 6.30. The van der Waals surface area contributed by atoms with Gasteiger partial charge in [-0.3, -0.25) is 14.5 Å². The lowest BCUT2D eigenvalue weighted by atomic mass is 9.92. The number of hydrogen-bond acceptors (Lipinski definition) is 3. The van der Waals surface area contributed by atoms with Gasteiger partial charge in [-0.25, -0.2) is 0 Å². The number of aliphatic hydroxyl groups excluding tert-OH is 1. The fourth-order valence-electron chi connectivity index (χ4n) is 4.66. The lowest BCUT2D eigenvalue weighted by Gasteiger charge is -2.26. The van der Waals surface area contributed by atoms with Crippen molar-refractivity contribution < 1.29 is 27.9 Å². The van der Waals surface area contributed by atoms with Gasteiger partial charge in [-0.1, -0.05) is 78.4 Å². The molecule has 0 radical (unpaired) electrons. The molecule has 1 unspecified atom stereocenters. The Morgan fingerprint density at radius 2 is 1.56 bits per heavy atom. The molecular weight excluding hydrogens is 467 g/mol. The smallest absolute Gasteiger partial charge is 0.416 e. The van der Waals surface area contributed by atoms with Crippen molar-refractivity contribution in [2.24, 2.45) is 0 Å². The third-order valence-corrected chi connectivity index (χ3v) is 6.30. The molecule has 1 aliphatic heterocycles. The highest BCUT2D eigenvalue weighted by molar-refractivity contribution is 6.51. The Hall–Kier alpha value is -4.39.